The van der Waals surface area contributed by atoms with Gasteiger partial charge in [0, 0.05) is 63.2 Å². The summed E-state index contributed by atoms with van der Waals surface area (Å²) in [4.78, 5) is 22.7. The molecule has 7 heteroatoms. The zero-order valence-electron chi connectivity index (χ0n) is 16.5. The van der Waals surface area contributed by atoms with Gasteiger partial charge in [-0.05, 0) is 30.2 Å². The Morgan fingerprint density at radius 2 is 2.03 bits per heavy atom. The SMILES string of the molecule is [C-]#[N+]c1cn(C)c2ncc(C(=O)NCCc3ccc(N4CCNCC4)cc3)cc12. The highest BCUT2D eigenvalue weighted by Crippen LogP contribution is 2.27. The number of fused-ring (bicyclic) bond motifs is 1. The predicted molar refractivity (Wildman–Crippen MR) is 115 cm³/mol. The highest BCUT2D eigenvalue weighted by Gasteiger charge is 2.13. The van der Waals surface area contributed by atoms with Crippen LogP contribution in [0.5, 0.6) is 0 Å². The predicted octanol–water partition coefficient (Wildman–Crippen LogP) is 2.51. The molecular weight excluding hydrogens is 364 g/mol. The topological polar surface area (TPSA) is 66.5 Å². The summed E-state index contributed by atoms with van der Waals surface area (Å²) in [6.07, 6.45) is 4.06. The smallest absolute Gasteiger partial charge is 0.252 e. The number of nitrogens with one attached hydrogen (secondary N) is 2. The fraction of sp³-hybridized carbons (Fsp3) is 0.318. The second kappa shape index (κ2) is 8.33. The molecule has 1 fully saturated rings. The van der Waals surface area contributed by atoms with Gasteiger partial charge in [-0.3, -0.25) is 4.79 Å². The molecule has 3 heterocycles. The Kier molecular flexibility index (Phi) is 5.45. The summed E-state index contributed by atoms with van der Waals surface area (Å²) in [6.45, 7) is 11.9. The van der Waals surface area contributed by atoms with Crippen LogP contribution in [0.2, 0.25) is 0 Å². The molecule has 0 unspecified atom stereocenters. The minimum Gasteiger partial charge on any atom is -0.369 e. The molecule has 29 heavy (non-hydrogen) atoms. The zero-order valence-corrected chi connectivity index (χ0v) is 16.5. The van der Waals surface area contributed by atoms with Crippen molar-refractivity contribution < 1.29 is 4.79 Å². The van der Waals surface area contributed by atoms with Crippen molar-refractivity contribution in [2.45, 2.75) is 6.42 Å². The number of carbonyl (C=O) groups is 1. The quantitative estimate of drug-likeness (QED) is 0.659. The third-order valence-electron chi connectivity index (χ3n) is 5.29. The maximum atomic E-state index is 12.5. The first kappa shape index (κ1) is 19.0. The van der Waals surface area contributed by atoms with Crippen LogP contribution in [-0.2, 0) is 13.5 Å². The Morgan fingerprint density at radius 1 is 1.28 bits per heavy atom. The Morgan fingerprint density at radius 3 is 2.76 bits per heavy atom. The minimum atomic E-state index is -0.170. The van der Waals surface area contributed by atoms with Crippen molar-refractivity contribution in [3.63, 3.8) is 0 Å². The molecule has 1 aromatic carbocycles. The molecule has 4 rings (SSSR count). The summed E-state index contributed by atoms with van der Waals surface area (Å²) >= 11 is 0. The molecule has 0 aliphatic carbocycles. The van der Waals surface area contributed by atoms with Gasteiger partial charge in [0.25, 0.3) is 5.91 Å². The molecule has 0 atom stereocenters. The summed E-state index contributed by atoms with van der Waals surface area (Å²) in [5, 5.41) is 7.02. The highest BCUT2D eigenvalue weighted by molar-refractivity contribution is 6.00. The van der Waals surface area contributed by atoms with Gasteiger partial charge in [0.05, 0.1) is 12.1 Å². The lowest BCUT2D eigenvalue weighted by molar-refractivity contribution is 0.0954. The number of aromatic nitrogens is 2. The van der Waals surface area contributed by atoms with Gasteiger partial charge in [-0.15, -0.1) is 0 Å². The summed E-state index contributed by atoms with van der Waals surface area (Å²) in [5.74, 6) is -0.170. The molecule has 2 N–H and O–H groups in total. The Balaban J connectivity index is 1.35. The van der Waals surface area contributed by atoms with Crippen LogP contribution in [0.1, 0.15) is 15.9 Å². The Bertz CT molecular complexity index is 1060. The van der Waals surface area contributed by atoms with Gasteiger partial charge in [-0.25, -0.2) is 9.83 Å². The first-order valence-corrected chi connectivity index (χ1v) is 9.81. The van der Waals surface area contributed by atoms with Gasteiger partial charge in [-0.2, -0.15) is 0 Å². The van der Waals surface area contributed by atoms with Crippen LogP contribution in [0, 0.1) is 6.57 Å². The molecule has 0 radical (unpaired) electrons. The van der Waals surface area contributed by atoms with Crippen LogP contribution in [0.4, 0.5) is 11.4 Å². The van der Waals surface area contributed by atoms with Gasteiger partial charge in [0.1, 0.15) is 5.65 Å². The number of benzene rings is 1. The Labute approximate surface area is 170 Å². The fourth-order valence-electron chi connectivity index (χ4n) is 3.67. The molecule has 0 saturated carbocycles. The molecule has 2 aromatic heterocycles. The van der Waals surface area contributed by atoms with Crippen molar-refractivity contribution in [1.29, 1.82) is 0 Å². The monoisotopic (exact) mass is 388 g/mol. The molecule has 7 nitrogen and oxygen atoms in total. The number of anilines is 1. The number of piperazine rings is 1. The molecule has 3 aromatic rings. The molecule has 148 valence electrons. The maximum Gasteiger partial charge on any atom is 0.252 e. The number of nitrogens with zero attached hydrogens (tertiary/aromatic N) is 4. The van der Waals surface area contributed by atoms with E-state index in [1.807, 2.05) is 7.05 Å². The van der Waals surface area contributed by atoms with Gasteiger partial charge in [0.2, 0.25) is 5.69 Å². The fourth-order valence-corrected chi connectivity index (χ4v) is 3.67. The number of hydrogen-bond donors (Lipinski definition) is 2. The molecule has 1 aliphatic heterocycles. The van der Waals surface area contributed by atoms with E-state index in [4.69, 9.17) is 6.57 Å². The molecule has 0 spiro atoms. The number of pyridine rings is 1. The number of rotatable bonds is 5. The highest BCUT2D eigenvalue weighted by atomic mass is 16.1. The number of carbonyl (C=O) groups excluding carboxylic acids is 1. The van der Waals surface area contributed by atoms with Gasteiger partial charge in [0.15, 0.2) is 0 Å². The van der Waals surface area contributed by atoms with Crippen molar-refractivity contribution in [2.24, 2.45) is 7.05 Å². The van der Waals surface area contributed by atoms with Crippen molar-refractivity contribution in [1.82, 2.24) is 20.2 Å². The van der Waals surface area contributed by atoms with Crippen LogP contribution in [-0.4, -0.2) is 48.2 Å². The van der Waals surface area contributed by atoms with E-state index in [0.29, 0.717) is 28.8 Å². The third-order valence-corrected chi connectivity index (χ3v) is 5.29. The van der Waals surface area contributed by atoms with Gasteiger partial charge in [-0.1, -0.05) is 12.1 Å². The second-order valence-electron chi connectivity index (χ2n) is 7.24. The number of amides is 1. The van der Waals surface area contributed by atoms with E-state index in [0.717, 1.165) is 32.6 Å². The van der Waals surface area contributed by atoms with Crippen molar-refractivity contribution in [3.8, 4) is 0 Å². The normalized spacial score (nSPS) is 14.0. The van der Waals surface area contributed by atoms with Crippen molar-refractivity contribution in [2.75, 3.05) is 37.6 Å². The molecule has 0 bridgehead atoms. The lowest BCUT2D eigenvalue weighted by Crippen LogP contribution is -2.43. The molecule has 1 saturated heterocycles. The summed E-state index contributed by atoms with van der Waals surface area (Å²) in [5.41, 5.74) is 4.13. The van der Waals surface area contributed by atoms with Crippen LogP contribution < -0.4 is 15.5 Å². The number of aryl methyl sites for hydroxylation is 1. The molecular formula is C22H24N6O. The van der Waals surface area contributed by atoms with E-state index >= 15 is 0 Å². The maximum absolute atomic E-state index is 12.5. The van der Waals surface area contributed by atoms with Crippen LogP contribution in [0.15, 0.2) is 42.7 Å². The summed E-state index contributed by atoms with van der Waals surface area (Å²) in [6, 6.07) is 10.3. The van der Waals surface area contributed by atoms with Crippen molar-refractivity contribution >= 4 is 28.3 Å². The van der Waals surface area contributed by atoms with E-state index in [1.54, 1.807) is 23.0 Å². The average molecular weight is 388 g/mol. The second-order valence-corrected chi connectivity index (χ2v) is 7.24. The van der Waals surface area contributed by atoms with Crippen LogP contribution >= 0.6 is 0 Å². The van der Waals surface area contributed by atoms with Gasteiger partial charge >= 0.3 is 0 Å². The van der Waals surface area contributed by atoms with E-state index in [2.05, 4.69) is 49.6 Å². The van der Waals surface area contributed by atoms with Gasteiger partial charge < -0.3 is 20.1 Å². The lowest BCUT2D eigenvalue weighted by atomic mass is 10.1. The first-order valence-electron chi connectivity index (χ1n) is 9.81. The minimum absolute atomic E-state index is 0.170. The summed E-state index contributed by atoms with van der Waals surface area (Å²) < 4.78 is 1.80. The standard InChI is InChI=1S/C22H24N6O/c1-23-20-15-27(2)21-19(20)13-17(14-26-21)22(29)25-8-7-16-3-5-18(6-4-16)28-11-9-24-10-12-28/h3-6,13-15,24H,7-12H2,2H3,(H,25,29). The molecule has 1 amide bonds. The van der Waals surface area contributed by atoms with E-state index < -0.39 is 0 Å². The summed E-state index contributed by atoms with van der Waals surface area (Å²) in [7, 11) is 1.84. The zero-order chi connectivity index (χ0) is 20.2. The largest absolute Gasteiger partial charge is 0.369 e. The molecule has 1 aliphatic rings. The van der Waals surface area contributed by atoms with Crippen LogP contribution in [0.3, 0.4) is 0 Å². The van der Waals surface area contributed by atoms with E-state index in [1.165, 1.54) is 11.3 Å². The first-order chi connectivity index (χ1) is 14.2. The van der Waals surface area contributed by atoms with Crippen molar-refractivity contribution in [3.05, 3.63) is 65.3 Å². The van der Waals surface area contributed by atoms with Crippen LogP contribution in [0.25, 0.3) is 15.9 Å². The average Bonchev–Trinajstić information content (AvgIpc) is 3.10. The third kappa shape index (κ3) is 4.08. The van der Waals surface area contributed by atoms with E-state index in [-0.39, 0.29) is 5.91 Å². The van der Waals surface area contributed by atoms with E-state index in [9.17, 15) is 4.79 Å². The Hall–Kier alpha value is -3.37. The lowest BCUT2D eigenvalue weighted by Gasteiger charge is -2.29. The number of hydrogen-bond acceptors (Lipinski definition) is 4.